The number of carbonyl (C=O) groups is 1. The Bertz CT molecular complexity index is 39.4. The molecule has 44 valence electrons. The molecule has 0 saturated carbocycles. The highest BCUT2D eigenvalue weighted by Gasteiger charge is 1.84. The van der Waals surface area contributed by atoms with Gasteiger partial charge in [-0.15, -0.1) is 0 Å². The van der Waals surface area contributed by atoms with Crippen LogP contribution in [-0.4, -0.2) is 27.0 Å². The zero-order valence-electron chi connectivity index (χ0n) is 3.11. The minimum absolute atomic E-state index is 1.69. The Kier molecular flexibility index (Phi) is 12.1. The molecule has 6 nitrogen and oxygen atoms in total. The van der Waals surface area contributed by atoms with E-state index in [1.807, 2.05) is 0 Å². The van der Waals surface area contributed by atoms with Crippen LogP contribution in [0.25, 0.3) is 0 Å². The fraction of sp³-hybridized carbons (Fsp3) is 0. The highest BCUT2D eigenvalue weighted by molar-refractivity contribution is 5.55. The number of hydrogen-bond acceptors (Lipinski definition) is 5. The van der Waals surface area contributed by atoms with Gasteiger partial charge in [-0.25, -0.2) is 4.79 Å². The first-order chi connectivity index (χ1) is 3.27. The zero-order valence-corrected chi connectivity index (χ0v) is 3.11. The third-order valence-corrected chi connectivity index (χ3v) is 0.0781. The SMILES string of the molecule is O=C(O)OO.OO. The van der Waals surface area contributed by atoms with Crippen molar-refractivity contribution < 1.29 is 30.6 Å². The van der Waals surface area contributed by atoms with Crippen LogP contribution in [0.4, 0.5) is 4.79 Å². The van der Waals surface area contributed by atoms with Gasteiger partial charge in [0.2, 0.25) is 0 Å². The van der Waals surface area contributed by atoms with E-state index in [0.717, 1.165) is 0 Å². The molecular weight excluding hydrogens is 108 g/mol. The van der Waals surface area contributed by atoms with Crippen molar-refractivity contribution in [2.24, 2.45) is 0 Å². The second kappa shape index (κ2) is 8.94. The molecule has 0 rings (SSSR count). The standard InChI is InChI=1S/CH2O4.H2O2/c2-1(3)5-4;1-2/h4H,(H,2,3);1-2H. The third kappa shape index (κ3) is 38.6. The molecular formula is CH4O6. The van der Waals surface area contributed by atoms with Crippen molar-refractivity contribution in [1.82, 2.24) is 0 Å². The summed E-state index contributed by atoms with van der Waals surface area (Å²) in [4.78, 5) is 11.6. The van der Waals surface area contributed by atoms with Crippen molar-refractivity contribution in [3.05, 3.63) is 0 Å². The van der Waals surface area contributed by atoms with E-state index in [9.17, 15) is 0 Å². The summed E-state index contributed by atoms with van der Waals surface area (Å²) in [5, 5.41) is 26.3. The van der Waals surface area contributed by atoms with E-state index >= 15 is 0 Å². The fourth-order valence-electron chi connectivity index (χ4n) is 0. The van der Waals surface area contributed by atoms with E-state index in [-0.39, 0.29) is 0 Å². The maximum Gasteiger partial charge on any atom is 0.537 e. The van der Waals surface area contributed by atoms with Crippen LogP contribution in [-0.2, 0) is 4.89 Å². The molecule has 0 aliphatic carbocycles. The average molecular weight is 112 g/mol. The molecule has 4 N–H and O–H groups in total. The van der Waals surface area contributed by atoms with Crippen molar-refractivity contribution in [3.8, 4) is 0 Å². The summed E-state index contributed by atoms with van der Waals surface area (Å²) in [5.41, 5.74) is 0. The molecule has 0 spiro atoms. The van der Waals surface area contributed by atoms with Gasteiger partial charge in [0.25, 0.3) is 0 Å². The Hall–Kier alpha value is -0.850. The summed E-state index contributed by atoms with van der Waals surface area (Å²) >= 11 is 0. The van der Waals surface area contributed by atoms with Gasteiger partial charge in [0, 0.05) is 0 Å². The monoisotopic (exact) mass is 112 g/mol. The smallest absolute Gasteiger partial charge is 0.448 e. The molecule has 0 aromatic rings. The van der Waals surface area contributed by atoms with E-state index in [2.05, 4.69) is 4.89 Å². The summed E-state index contributed by atoms with van der Waals surface area (Å²) in [5.74, 6) is 0. The Labute approximate surface area is 38.1 Å². The lowest BCUT2D eigenvalue weighted by atomic mass is 11.5. The quantitative estimate of drug-likeness (QED) is 0.263. The van der Waals surface area contributed by atoms with E-state index < -0.39 is 6.16 Å². The summed E-state index contributed by atoms with van der Waals surface area (Å²) in [6, 6.07) is 0. The van der Waals surface area contributed by atoms with Crippen LogP contribution < -0.4 is 0 Å². The minimum Gasteiger partial charge on any atom is -0.448 e. The van der Waals surface area contributed by atoms with E-state index in [0.29, 0.717) is 0 Å². The Balaban J connectivity index is 0. The van der Waals surface area contributed by atoms with Crippen molar-refractivity contribution in [3.63, 3.8) is 0 Å². The first-order valence-corrected chi connectivity index (χ1v) is 1.01. The second-order valence-corrected chi connectivity index (χ2v) is 0.357. The molecule has 0 radical (unpaired) electrons. The molecule has 0 aliphatic rings. The highest BCUT2D eigenvalue weighted by Crippen LogP contribution is 1.59. The van der Waals surface area contributed by atoms with E-state index in [1.54, 1.807) is 0 Å². The van der Waals surface area contributed by atoms with Crippen LogP contribution in [0, 0.1) is 0 Å². The molecule has 0 amide bonds. The van der Waals surface area contributed by atoms with Gasteiger partial charge in [0.05, 0.1) is 0 Å². The fourth-order valence-corrected chi connectivity index (χ4v) is 0. The van der Waals surface area contributed by atoms with Gasteiger partial charge in [-0.2, -0.15) is 5.26 Å². The lowest BCUT2D eigenvalue weighted by molar-refractivity contribution is -0.194. The van der Waals surface area contributed by atoms with Gasteiger partial charge < -0.3 is 5.11 Å². The maximum atomic E-state index is 8.90. The Morgan fingerprint density at radius 2 is 1.57 bits per heavy atom. The normalized spacial score (nSPS) is 5.57. The molecule has 0 unspecified atom stereocenters. The molecule has 0 fully saturated rings. The van der Waals surface area contributed by atoms with Crippen molar-refractivity contribution >= 4 is 6.16 Å². The third-order valence-electron chi connectivity index (χ3n) is 0.0781. The Morgan fingerprint density at radius 1 is 1.43 bits per heavy atom. The van der Waals surface area contributed by atoms with Gasteiger partial charge in [-0.3, -0.25) is 15.4 Å². The van der Waals surface area contributed by atoms with Crippen LogP contribution in [0.3, 0.4) is 0 Å². The predicted octanol–water partition coefficient (Wildman–Crippen LogP) is 0.171. The molecule has 7 heavy (non-hydrogen) atoms. The topological polar surface area (TPSA) is 107 Å². The number of rotatable bonds is 0. The zero-order chi connectivity index (χ0) is 6.28. The highest BCUT2D eigenvalue weighted by atomic mass is 17.1. The average Bonchev–Trinajstić information content (AvgIpc) is 1.73. The Morgan fingerprint density at radius 3 is 1.57 bits per heavy atom. The van der Waals surface area contributed by atoms with Gasteiger partial charge in [-0.1, -0.05) is 0 Å². The van der Waals surface area contributed by atoms with Crippen molar-refractivity contribution in [2.45, 2.75) is 0 Å². The van der Waals surface area contributed by atoms with Gasteiger partial charge in [0.1, 0.15) is 0 Å². The molecule has 0 aromatic heterocycles. The molecule has 0 bridgehead atoms. The van der Waals surface area contributed by atoms with Crippen LogP contribution in [0.1, 0.15) is 0 Å². The summed E-state index contributed by atoms with van der Waals surface area (Å²) in [6.45, 7) is 0. The van der Waals surface area contributed by atoms with Gasteiger partial charge >= 0.3 is 6.16 Å². The largest absolute Gasteiger partial charge is 0.537 e. The lowest BCUT2D eigenvalue weighted by Crippen LogP contribution is -1.91. The maximum absolute atomic E-state index is 8.90. The number of hydrogen-bond donors (Lipinski definition) is 4. The molecule has 0 heterocycles. The molecule has 0 saturated heterocycles. The van der Waals surface area contributed by atoms with Crippen LogP contribution >= 0.6 is 0 Å². The van der Waals surface area contributed by atoms with Crippen molar-refractivity contribution in [1.29, 1.82) is 0 Å². The molecule has 0 aliphatic heterocycles. The first kappa shape index (κ1) is 9.47. The summed E-state index contributed by atoms with van der Waals surface area (Å²) in [6.07, 6.45) is -1.69. The van der Waals surface area contributed by atoms with Crippen LogP contribution in [0.2, 0.25) is 0 Å². The van der Waals surface area contributed by atoms with Crippen LogP contribution in [0.5, 0.6) is 0 Å². The van der Waals surface area contributed by atoms with Gasteiger partial charge in [0.15, 0.2) is 0 Å². The van der Waals surface area contributed by atoms with Crippen molar-refractivity contribution in [2.75, 3.05) is 0 Å². The summed E-state index contributed by atoms with van der Waals surface area (Å²) < 4.78 is 0. The second-order valence-electron chi connectivity index (χ2n) is 0.357. The van der Waals surface area contributed by atoms with Crippen LogP contribution in [0.15, 0.2) is 0 Å². The summed E-state index contributed by atoms with van der Waals surface area (Å²) in [7, 11) is 0. The van der Waals surface area contributed by atoms with Gasteiger partial charge in [-0.05, 0) is 0 Å². The minimum atomic E-state index is -1.69. The first-order valence-electron chi connectivity index (χ1n) is 1.01. The molecule has 6 heteroatoms. The number of carboxylic acid groups (broad SMARTS) is 1. The van der Waals surface area contributed by atoms with E-state index in [4.69, 9.17) is 25.7 Å². The predicted molar refractivity (Wildman–Crippen MR) is 17.0 cm³/mol. The molecule has 0 aromatic carbocycles. The molecule has 0 atom stereocenters. The van der Waals surface area contributed by atoms with E-state index in [1.165, 1.54) is 0 Å². The lowest BCUT2D eigenvalue weighted by Gasteiger charge is -1.75.